The van der Waals surface area contributed by atoms with Crippen LogP contribution in [0.25, 0.3) is 0 Å². The van der Waals surface area contributed by atoms with E-state index < -0.39 is 17.3 Å². The van der Waals surface area contributed by atoms with Gasteiger partial charge in [0.05, 0.1) is 6.54 Å². The van der Waals surface area contributed by atoms with Gasteiger partial charge < -0.3 is 5.11 Å². The third-order valence-corrected chi connectivity index (χ3v) is 2.88. The molecule has 2 unspecified atom stereocenters. The first-order chi connectivity index (χ1) is 5.48. The van der Waals surface area contributed by atoms with Crippen LogP contribution in [0, 0.1) is 5.41 Å². The lowest BCUT2D eigenvalue weighted by atomic mass is 9.81. The SMILES string of the molecule is O=C(O)C12CCN(CC1(F)F)C2. The van der Waals surface area contributed by atoms with E-state index in [1.807, 2.05) is 0 Å². The summed E-state index contributed by atoms with van der Waals surface area (Å²) in [4.78, 5) is 12.2. The zero-order valence-corrected chi connectivity index (χ0v) is 6.39. The molecule has 3 nitrogen and oxygen atoms in total. The van der Waals surface area contributed by atoms with E-state index in [0.29, 0.717) is 6.54 Å². The minimum atomic E-state index is -3.04. The molecule has 2 fully saturated rings. The number of carboxylic acid groups (broad SMARTS) is 1. The van der Waals surface area contributed by atoms with E-state index in [9.17, 15) is 13.6 Å². The molecule has 2 rings (SSSR count). The fourth-order valence-corrected chi connectivity index (χ4v) is 2.09. The second-order valence-corrected chi connectivity index (χ2v) is 3.55. The Morgan fingerprint density at radius 1 is 1.42 bits per heavy atom. The summed E-state index contributed by atoms with van der Waals surface area (Å²) in [6.07, 6.45) is 0.0787. The molecule has 0 amide bonds. The zero-order valence-electron chi connectivity index (χ0n) is 6.39. The van der Waals surface area contributed by atoms with Gasteiger partial charge in [0, 0.05) is 6.54 Å². The number of hydrogen-bond acceptors (Lipinski definition) is 2. The molecule has 0 aromatic heterocycles. The van der Waals surface area contributed by atoms with Gasteiger partial charge >= 0.3 is 5.97 Å². The van der Waals surface area contributed by atoms with Crippen molar-refractivity contribution in [2.24, 2.45) is 5.41 Å². The van der Waals surface area contributed by atoms with Gasteiger partial charge in [0.15, 0.2) is 0 Å². The van der Waals surface area contributed by atoms with Crippen molar-refractivity contribution in [3.8, 4) is 0 Å². The minimum absolute atomic E-state index is 0.00926. The quantitative estimate of drug-likeness (QED) is 0.630. The molecule has 2 bridgehead atoms. The predicted molar refractivity (Wildman–Crippen MR) is 36.1 cm³/mol. The van der Waals surface area contributed by atoms with Gasteiger partial charge in [-0.2, -0.15) is 0 Å². The third kappa shape index (κ3) is 0.696. The number of halogens is 2. The van der Waals surface area contributed by atoms with Crippen LogP contribution in [0.1, 0.15) is 6.42 Å². The van der Waals surface area contributed by atoms with Gasteiger partial charge in [-0.1, -0.05) is 0 Å². The Labute approximate surface area is 68.0 Å². The van der Waals surface area contributed by atoms with Crippen LogP contribution in [0.4, 0.5) is 8.78 Å². The largest absolute Gasteiger partial charge is 0.481 e. The molecule has 0 aromatic carbocycles. The predicted octanol–water partition coefficient (Wildman–Crippen LogP) is 0.412. The van der Waals surface area contributed by atoms with Crippen molar-refractivity contribution in [1.82, 2.24) is 4.90 Å². The number of piperidine rings is 1. The third-order valence-electron chi connectivity index (χ3n) is 2.88. The molecule has 2 heterocycles. The normalized spacial score (nSPS) is 43.3. The van der Waals surface area contributed by atoms with Crippen molar-refractivity contribution in [2.45, 2.75) is 12.3 Å². The van der Waals surface area contributed by atoms with Crippen LogP contribution in [-0.4, -0.2) is 41.5 Å². The van der Waals surface area contributed by atoms with Crippen molar-refractivity contribution in [3.63, 3.8) is 0 Å². The first-order valence-electron chi connectivity index (χ1n) is 3.82. The van der Waals surface area contributed by atoms with Crippen LogP contribution < -0.4 is 0 Å². The Balaban J connectivity index is 2.39. The van der Waals surface area contributed by atoms with E-state index in [1.54, 1.807) is 0 Å². The van der Waals surface area contributed by atoms with Gasteiger partial charge in [0.25, 0.3) is 5.92 Å². The summed E-state index contributed by atoms with van der Waals surface area (Å²) in [5, 5.41) is 8.72. The number of hydrogen-bond donors (Lipinski definition) is 1. The van der Waals surface area contributed by atoms with Gasteiger partial charge in [-0.05, 0) is 13.0 Å². The highest BCUT2D eigenvalue weighted by Gasteiger charge is 2.68. The van der Waals surface area contributed by atoms with Crippen molar-refractivity contribution >= 4 is 5.97 Å². The summed E-state index contributed by atoms with van der Waals surface area (Å²) >= 11 is 0. The van der Waals surface area contributed by atoms with E-state index in [0.717, 1.165) is 0 Å². The van der Waals surface area contributed by atoms with Crippen molar-refractivity contribution in [2.75, 3.05) is 19.6 Å². The number of fused-ring (bicyclic) bond motifs is 2. The second kappa shape index (κ2) is 1.96. The van der Waals surface area contributed by atoms with E-state index in [-0.39, 0.29) is 19.5 Å². The summed E-state index contributed by atoms with van der Waals surface area (Å²) < 4.78 is 26.2. The maximum atomic E-state index is 13.1. The first kappa shape index (κ1) is 7.91. The second-order valence-electron chi connectivity index (χ2n) is 3.55. The highest BCUT2D eigenvalue weighted by atomic mass is 19.3. The van der Waals surface area contributed by atoms with Gasteiger partial charge in [0.2, 0.25) is 0 Å². The lowest BCUT2D eigenvalue weighted by molar-refractivity contribution is -0.170. The minimum Gasteiger partial charge on any atom is -0.481 e. The highest BCUT2D eigenvalue weighted by molar-refractivity contribution is 5.77. The first-order valence-corrected chi connectivity index (χ1v) is 3.82. The Morgan fingerprint density at radius 2 is 2.08 bits per heavy atom. The molecule has 68 valence electrons. The van der Waals surface area contributed by atoms with Crippen molar-refractivity contribution in [1.29, 1.82) is 0 Å². The average molecular weight is 177 g/mol. The van der Waals surface area contributed by atoms with Crippen LogP contribution in [0.5, 0.6) is 0 Å². The van der Waals surface area contributed by atoms with E-state index in [1.165, 1.54) is 4.90 Å². The molecule has 0 aliphatic carbocycles. The highest BCUT2D eigenvalue weighted by Crippen LogP contribution is 2.50. The molecule has 5 heteroatoms. The van der Waals surface area contributed by atoms with E-state index in [2.05, 4.69) is 0 Å². The summed E-state index contributed by atoms with van der Waals surface area (Å²) in [6, 6.07) is 0. The Morgan fingerprint density at radius 3 is 2.33 bits per heavy atom. The molecule has 2 aliphatic heterocycles. The van der Waals surface area contributed by atoms with Crippen molar-refractivity contribution < 1.29 is 18.7 Å². The number of carboxylic acids is 1. The van der Waals surface area contributed by atoms with E-state index in [4.69, 9.17) is 5.11 Å². The fraction of sp³-hybridized carbons (Fsp3) is 0.857. The molecule has 0 saturated carbocycles. The smallest absolute Gasteiger partial charge is 0.317 e. The summed E-state index contributed by atoms with van der Waals surface area (Å²) in [6.45, 7) is 0.108. The molecule has 2 saturated heterocycles. The zero-order chi connectivity index (χ0) is 8.98. The Hall–Kier alpha value is -0.710. The summed E-state index contributed by atoms with van der Waals surface area (Å²) in [7, 11) is 0. The van der Waals surface area contributed by atoms with E-state index >= 15 is 0 Å². The molecule has 0 aromatic rings. The average Bonchev–Trinajstić information content (AvgIpc) is 2.40. The molecular formula is C7H9F2NO2. The molecule has 2 aliphatic rings. The lowest BCUT2D eigenvalue weighted by Gasteiger charge is -2.29. The van der Waals surface area contributed by atoms with Crippen LogP contribution in [0.15, 0.2) is 0 Å². The number of carbonyl (C=O) groups is 1. The van der Waals surface area contributed by atoms with Gasteiger partial charge in [-0.25, -0.2) is 8.78 Å². The maximum absolute atomic E-state index is 13.1. The van der Waals surface area contributed by atoms with Gasteiger partial charge in [0.1, 0.15) is 5.41 Å². The van der Waals surface area contributed by atoms with Crippen LogP contribution >= 0.6 is 0 Å². The fourth-order valence-electron chi connectivity index (χ4n) is 2.09. The molecule has 0 spiro atoms. The van der Waals surface area contributed by atoms with Gasteiger partial charge in [-0.3, -0.25) is 9.69 Å². The topological polar surface area (TPSA) is 40.5 Å². The number of aliphatic carboxylic acids is 1. The summed E-state index contributed by atoms with van der Waals surface area (Å²) in [5.74, 6) is -4.40. The van der Waals surface area contributed by atoms with Crippen LogP contribution in [0.2, 0.25) is 0 Å². The monoisotopic (exact) mass is 177 g/mol. The molecule has 0 radical (unpaired) electrons. The van der Waals surface area contributed by atoms with Crippen LogP contribution in [0.3, 0.4) is 0 Å². The number of rotatable bonds is 1. The van der Waals surface area contributed by atoms with Crippen molar-refractivity contribution in [3.05, 3.63) is 0 Å². The van der Waals surface area contributed by atoms with Gasteiger partial charge in [-0.15, -0.1) is 0 Å². The van der Waals surface area contributed by atoms with Crippen LogP contribution in [-0.2, 0) is 4.79 Å². The maximum Gasteiger partial charge on any atom is 0.317 e. The lowest BCUT2D eigenvalue weighted by Crippen LogP contribution is -2.47. The Kier molecular flexibility index (Phi) is 1.29. The summed E-state index contributed by atoms with van der Waals surface area (Å²) in [5.41, 5.74) is -1.78. The number of alkyl halides is 2. The molecule has 2 atom stereocenters. The Bertz CT molecular complexity index is 244. The standard InChI is InChI=1S/C7H9F2NO2/c8-7(9)4-10-2-1-6(7,3-10)5(11)12/h1-4H2,(H,11,12). The molecule has 12 heavy (non-hydrogen) atoms. The molecule has 1 N–H and O–H groups in total. The number of nitrogens with zero attached hydrogens (tertiary/aromatic N) is 1. The molecular weight excluding hydrogens is 168 g/mol.